The number of aromatic carboxylic acids is 2. The van der Waals surface area contributed by atoms with Gasteiger partial charge in [0.2, 0.25) is 11.2 Å². The van der Waals surface area contributed by atoms with Crippen LogP contribution < -0.4 is 14.6 Å². The van der Waals surface area contributed by atoms with Gasteiger partial charge in [0.25, 0.3) is 0 Å². The molecule has 5 N–H and O–H groups in total. The third-order valence-electron chi connectivity index (χ3n) is 14.3. The minimum atomic E-state index is -1.34. The number of aliphatic hydroxyl groups is 2. The van der Waals surface area contributed by atoms with Crippen LogP contribution in [0.3, 0.4) is 0 Å². The maximum atomic E-state index is 12.9. The Morgan fingerprint density at radius 2 is 1.43 bits per heavy atom. The predicted molar refractivity (Wildman–Crippen MR) is 311 cm³/mol. The average Bonchev–Trinajstić information content (AvgIpc) is 4.08. The summed E-state index contributed by atoms with van der Waals surface area (Å²) in [7, 11) is 10.3. The first-order valence-electron chi connectivity index (χ1n) is 26.2. The number of phenols is 1. The van der Waals surface area contributed by atoms with E-state index < -0.39 is 53.8 Å². The summed E-state index contributed by atoms with van der Waals surface area (Å²) in [5, 5.41) is 65.1. The number of rotatable bonds is 15. The Kier molecular flexibility index (Phi) is 19.4. The molecule has 80 heavy (non-hydrogen) atoms. The molecule has 10 rings (SSSR count). The molecule has 2 saturated heterocycles. The molecule has 2 aromatic heterocycles. The molecule has 2 aliphatic heterocycles. The van der Waals surface area contributed by atoms with Gasteiger partial charge in [0.1, 0.15) is 42.8 Å². The van der Waals surface area contributed by atoms with Gasteiger partial charge in [-0.25, -0.2) is 9.59 Å². The van der Waals surface area contributed by atoms with E-state index in [1.165, 1.54) is 57.1 Å². The van der Waals surface area contributed by atoms with Gasteiger partial charge in [-0.2, -0.15) is 4.57 Å². The highest BCUT2D eigenvalue weighted by Gasteiger charge is 2.57. The standard InChI is InChI=1S/C26H28N3.C23H16O6.C14H27NO6.ClH/c1-19-17-21(20(2)29(19)24-9-7-6-8-10-24)11-13-23-14-12-22-18-25(27(3)4)15-16-26(22)28(23)5;24-20-16(14-7-3-1-5-12(14)9-18(20)22(26)27)11-17-15-8-4-2-6-13(15)10-19(21(17)25)23(28)29;1-14(2)20-12-11(18-7-5-6-15(3)4)10(9(17)8-16)19-13(12)21-14;/h6-18H,1-5H3;1-10,24-25H,11H2,(H,26,27)(H,28,29);9-13,16-17H,5-8H2,1-4H3;1H/q+1;;;/p-1. The van der Waals surface area contributed by atoms with Crippen molar-refractivity contribution in [3.05, 3.63) is 172 Å². The van der Waals surface area contributed by atoms with Gasteiger partial charge >= 0.3 is 11.9 Å². The summed E-state index contributed by atoms with van der Waals surface area (Å²) in [6, 6.07) is 40.3. The summed E-state index contributed by atoms with van der Waals surface area (Å²) in [5.41, 5.74) is 8.40. The maximum absolute atomic E-state index is 12.9. The quantitative estimate of drug-likeness (QED) is 0.0479. The number of carboxylic acid groups (broad SMARTS) is 2. The minimum Gasteiger partial charge on any atom is -0.872 e. The number of benzene rings is 6. The lowest BCUT2D eigenvalue weighted by Crippen LogP contribution is -2.44. The topological polar surface area (TPSA) is 211 Å². The number of aliphatic hydroxyl groups excluding tert-OH is 2. The van der Waals surface area contributed by atoms with Crippen LogP contribution in [-0.4, -0.2) is 131 Å². The molecule has 2 aliphatic rings. The summed E-state index contributed by atoms with van der Waals surface area (Å²) >= 11 is 0. The Bertz CT molecular complexity index is 3420. The normalized spacial score (nSPS) is 17.6. The van der Waals surface area contributed by atoms with Gasteiger partial charge < -0.3 is 64.0 Å². The number of carbonyl (C=O) groups is 2. The molecular formula is C63H71ClN4O12. The fourth-order valence-corrected chi connectivity index (χ4v) is 10.3. The van der Waals surface area contributed by atoms with Crippen LogP contribution in [0.4, 0.5) is 5.69 Å². The van der Waals surface area contributed by atoms with Gasteiger partial charge in [-0.3, -0.25) is 0 Å². The second-order valence-corrected chi connectivity index (χ2v) is 20.8. The summed E-state index contributed by atoms with van der Waals surface area (Å²) < 4.78 is 27.6. The molecule has 16 nitrogen and oxygen atoms in total. The van der Waals surface area contributed by atoms with Crippen LogP contribution in [0.1, 0.15) is 74.8 Å². The molecule has 0 spiro atoms. The fourth-order valence-electron chi connectivity index (χ4n) is 10.3. The maximum Gasteiger partial charge on any atom is 0.339 e. The molecular weight excluding hydrogens is 1040 g/mol. The summed E-state index contributed by atoms with van der Waals surface area (Å²) in [6.07, 6.45) is 2.15. The molecule has 0 amide bonds. The molecule has 6 aromatic carbocycles. The van der Waals surface area contributed by atoms with E-state index in [0.717, 1.165) is 13.0 Å². The van der Waals surface area contributed by atoms with E-state index >= 15 is 0 Å². The Balaban J connectivity index is 0.000000175. The highest BCUT2D eigenvalue weighted by atomic mass is 35.5. The second kappa shape index (κ2) is 25.8. The van der Waals surface area contributed by atoms with Gasteiger partial charge in [0.05, 0.1) is 12.2 Å². The zero-order chi connectivity index (χ0) is 56.9. The van der Waals surface area contributed by atoms with E-state index in [1.54, 1.807) is 48.5 Å². The van der Waals surface area contributed by atoms with Gasteiger partial charge in [0, 0.05) is 79.0 Å². The first-order valence-corrected chi connectivity index (χ1v) is 26.2. The van der Waals surface area contributed by atoms with Gasteiger partial charge in [-0.1, -0.05) is 72.5 Å². The van der Waals surface area contributed by atoms with E-state index in [4.69, 9.17) is 24.1 Å². The molecule has 5 atom stereocenters. The molecule has 2 fully saturated rings. The molecule has 0 aliphatic carbocycles. The predicted octanol–water partition coefficient (Wildman–Crippen LogP) is 9.04. The number of hydrogen-bond acceptors (Lipinski definition) is 12. The number of aryl methyl sites for hydroxylation is 2. The molecule has 8 aromatic rings. The number of hydrogen-bond donors (Lipinski definition) is 5. The number of para-hydroxylation sites is 1. The molecule has 0 radical (unpaired) electrons. The van der Waals surface area contributed by atoms with Crippen molar-refractivity contribution in [2.24, 2.45) is 7.05 Å². The summed E-state index contributed by atoms with van der Waals surface area (Å²) in [4.78, 5) is 27.4. The first-order chi connectivity index (χ1) is 37.7. The number of fused-ring (bicyclic) bond motifs is 4. The second-order valence-electron chi connectivity index (χ2n) is 20.8. The Morgan fingerprint density at radius 1 is 0.800 bits per heavy atom. The van der Waals surface area contributed by atoms with Crippen molar-refractivity contribution in [1.82, 2.24) is 9.47 Å². The SMILES string of the molecule is CN(C)CCCOC1C(C(O)CO)OC2OC(C)(C)OC21.Cc1cc(C=Cc2ccc3cc(N(C)C)ccc3[n+]2C)c(C)n1-c1ccccc1.Cl.O=C(O)c1cc2ccccc2c(Cc2c(O)c(C(=O)O)cc3ccccc23)c1[O-]. The van der Waals surface area contributed by atoms with E-state index in [9.17, 15) is 35.1 Å². The zero-order valence-corrected chi connectivity index (χ0v) is 47.3. The number of aromatic nitrogens is 2. The van der Waals surface area contributed by atoms with Crippen molar-refractivity contribution in [3.8, 4) is 17.2 Å². The van der Waals surface area contributed by atoms with E-state index in [2.05, 4.69) is 133 Å². The Labute approximate surface area is 472 Å². The molecule has 5 unspecified atom stereocenters. The van der Waals surface area contributed by atoms with Crippen LogP contribution in [0.25, 0.3) is 50.3 Å². The van der Waals surface area contributed by atoms with Gasteiger partial charge in [0.15, 0.2) is 12.1 Å². The monoisotopic (exact) mass is 1110 g/mol. The molecule has 0 saturated carbocycles. The number of aromatic hydroxyl groups is 1. The summed E-state index contributed by atoms with van der Waals surface area (Å²) in [6.45, 7) is 9.04. The first kappa shape index (κ1) is 60.3. The van der Waals surface area contributed by atoms with Crippen molar-refractivity contribution in [2.45, 2.75) is 77.0 Å². The van der Waals surface area contributed by atoms with Crippen LogP contribution in [0.5, 0.6) is 11.5 Å². The highest BCUT2D eigenvalue weighted by molar-refractivity contribution is 6.02. The van der Waals surface area contributed by atoms with Crippen molar-refractivity contribution >= 4 is 74.6 Å². The van der Waals surface area contributed by atoms with Crippen LogP contribution >= 0.6 is 12.4 Å². The number of pyridine rings is 1. The lowest BCUT2D eigenvalue weighted by molar-refractivity contribution is -0.646. The van der Waals surface area contributed by atoms with E-state index in [1.807, 2.05) is 27.9 Å². The Hall–Kier alpha value is -7.38. The molecule has 422 valence electrons. The van der Waals surface area contributed by atoms with E-state index in [-0.39, 0.29) is 53.8 Å². The van der Waals surface area contributed by atoms with Crippen molar-refractivity contribution in [1.29, 1.82) is 0 Å². The smallest absolute Gasteiger partial charge is 0.339 e. The third kappa shape index (κ3) is 13.3. The largest absolute Gasteiger partial charge is 0.872 e. The number of ether oxygens (including phenoxy) is 4. The molecule has 0 bridgehead atoms. The van der Waals surface area contributed by atoms with Crippen molar-refractivity contribution < 1.29 is 63.7 Å². The number of nitrogens with zero attached hydrogens (tertiary/aromatic N) is 4. The van der Waals surface area contributed by atoms with Gasteiger partial charge in [-0.15, -0.1) is 12.4 Å². The average molecular weight is 1110 g/mol. The molecule has 17 heteroatoms. The van der Waals surface area contributed by atoms with Crippen LogP contribution in [0.15, 0.2) is 127 Å². The minimum absolute atomic E-state index is 0. The fraction of sp³-hybridized carbons (Fsp3) is 0.317. The number of carboxylic acids is 2. The molecule has 4 heterocycles. The number of anilines is 1. The highest BCUT2D eigenvalue weighted by Crippen LogP contribution is 2.41. The Morgan fingerprint density at radius 3 is 2.05 bits per heavy atom. The van der Waals surface area contributed by atoms with Crippen molar-refractivity contribution in [2.75, 3.05) is 52.8 Å². The zero-order valence-electron chi connectivity index (χ0n) is 46.5. The van der Waals surface area contributed by atoms with Crippen LogP contribution in [0.2, 0.25) is 0 Å². The van der Waals surface area contributed by atoms with Crippen molar-refractivity contribution in [3.63, 3.8) is 0 Å². The third-order valence-corrected chi connectivity index (χ3v) is 14.3. The lowest BCUT2D eigenvalue weighted by atomic mass is 9.90. The number of halogens is 1. The lowest BCUT2D eigenvalue weighted by Gasteiger charge is -2.28. The van der Waals surface area contributed by atoms with Crippen LogP contribution in [-0.2, 0) is 32.4 Å². The summed E-state index contributed by atoms with van der Waals surface area (Å²) in [5.74, 6) is -4.44. The van der Waals surface area contributed by atoms with Gasteiger partial charge in [-0.05, 0) is 142 Å². The van der Waals surface area contributed by atoms with E-state index in [0.29, 0.717) is 28.2 Å². The van der Waals surface area contributed by atoms with Crippen LogP contribution in [0, 0.1) is 13.8 Å².